The van der Waals surface area contributed by atoms with Crippen LogP contribution >= 0.6 is 11.3 Å². The minimum Gasteiger partial charge on any atom is -0.370 e. The van der Waals surface area contributed by atoms with Gasteiger partial charge in [-0.3, -0.25) is 0 Å². The molecule has 0 spiro atoms. The Labute approximate surface area is 93.2 Å². The Hall–Kier alpha value is -1.42. The quantitative estimate of drug-likeness (QED) is 0.858. The van der Waals surface area contributed by atoms with Crippen molar-refractivity contribution in [2.75, 3.05) is 11.9 Å². The lowest BCUT2D eigenvalue weighted by molar-refractivity contribution is 0.986. The van der Waals surface area contributed by atoms with Crippen LogP contribution in [0.1, 0.15) is 10.6 Å². The summed E-state index contributed by atoms with van der Waals surface area (Å²) < 4.78 is 0. The van der Waals surface area contributed by atoms with Gasteiger partial charge in [-0.25, -0.2) is 9.97 Å². The highest BCUT2D eigenvalue weighted by Gasteiger charge is 1.96. The molecule has 0 unspecified atom stereocenters. The summed E-state index contributed by atoms with van der Waals surface area (Å²) >= 11 is 1.69. The zero-order valence-corrected chi connectivity index (χ0v) is 9.42. The number of rotatable bonds is 4. The SMILES string of the molecule is Cc1ccnc(NCCc2nccs2)c1. The molecule has 0 aliphatic rings. The molecule has 2 rings (SSSR count). The maximum Gasteiger partial charge on any atom is 0.126 e. The van der Waals surface area contributed by atoms with E-state index in [4.69, 9.17) is 0 Å². The predicted octanol–water partition coefficient (Wildman–Crippen LogP) is 2.50. The Morgan fingerprint density at radius 1 is 1.33 bits per heavy atom. The van der Waals surface area contributed by atoms with E-state index in [0.29, 0.717) is 0 Å². The minimum atomic E-state index is 0.879. The summed E-state index contributed by atoms with van der Waals surface area (Å²) in [6.07, 6.45) is 4.61. The number of nitrogens with one attached hydrogen (secondary N) is 1. The summed E-state index contributed by atoms with van der Waals surface area (Å²) in [6, 6.07) is 4.04. The molecule has 0 amide bonds. The highest BCUT2D eigenvalue weighted by Crippen LogP contribution is 2.07. The molecule has 1 N–H and O–H groups in total. The number of hydrogen-bond acceptors (Lipinski definition) is 4. The van der Waals surface area contributed by atoms with Crippen molar-refractivity contribution >= 4 is 17.2 Å². The summed E-state index contributed by atoms with van der Waals surface area (Å²) in [6.45, 7) is 2.94. The van der Waals surface area contributed by atoms with Gasteiger partial charge in [0.05, 0.1) is 5.01 Å². The third-order valence-electron chi connectivity index (χ3n) is 2.04. The molecule has 15 heavy (non-hydrogen) atoms. The number of hydrogen-bond donors (Lipinski definition) is 1. The lowest BCUT2D eigenvalue weighted by Crippen LogP contribution is -2.05. The largest absolute Gasteiger partial charge is 0.370 e. The first-order chi connectivity index (χ1) is 7.34. The van der Waals surface area contributed by atoms with Crippen molar-refractivity contribution in [1.29, 1.82) is 0 Å². The fourth-order valence-corrected chi connectivity index (χ4v) is 1.93. The maximum absolute atomic E-state index is 4.23. The van der Waals surface area contributed by atoms with Crippen LogP contribution in [0.2, 0.25) is 0 Å². The van der Waals surface area contributed by atoms with E-state index in [2.05, 4.69) is 22.2 Å². The van der Waals surface area contributed by atoms with E-state index in [1.807, 2.05) is 29.9 Å². The first-order valence-corrected chi connectivity index (χ1v) is 5.77. The minimum absolute atomic E-state index is 0.879. The van der Waals surface area contributed by atoms with Crippen molar-refractivity contribution in [3.05, 3.63) is 40.5 Å². The van der Waals surface area contributed by atoms with Gasteiger partial charge in [-0.1, -0.05) is 0 Å². The van der Waals surface area contributed by atoms with Gasteiger partial charge in [0.15, 0.2) is 0 Å². The van der Waals surface area contributed by atoms with E-state index in [1.54, 1.807) is 11.3 Å². The van der Waals surface area contributed by atoms with Crippen LogP contribution in [0.25, 0.3) is 0 Å². The molecule has 2 heterocycles. The zero-order chi connectivity index (χ0) is 10.5. The molecule has 0 aromatic carbocycles. The van der Waals surface area contributed by atoms with Crippen LogP contribution in [0.5, 0.6) is 0 Å². The predicted molar refractivity (Wildman–Crippen MR) is 63.3 cm³/mol. The van der Waals surface area contributed by atoms with Crippen molar-refractivity contribution in [3.63, 3.8) is 0 Å². The van der Waals surface area contributed by atoms with Gasteiger partial charge in [0, 0.05) is 30.7 Å². The first-order valence-electron chi connectivity index (χ1n) is 4.89. The fourth-order valence-electron chi connectivity index (χ4n) is 1.31. The third-order valence-corrected chi connectivity index (χ3v) is 2.88. The number of anilines is 1. The standard InChI is InChI=1S/C11H13N3S/c1-9-2-4-12-10(8-9)13-5-3-11-14-6-7-15-11/h2,4,6-8H,3,5H2,1H3,(H,12,13). The second-order valence-electron chi connectivity index (χ2n) is 3.32. The Morgan fingerprint density at radius 3 is 3.00 bits per heavy atom. The molecule has 2 aromatic rings. The molecule has 0 saturated heterocycles. The first kappa shape index (κ1) is 10.1. The van der Waals surface area contributed by atoms with Crippen LogP contribution in [0.4, 0.5) is 5.82 Å². The second-order valence-corrected chi connectivity index (χ2v) is 4.30. The summed E-state index contributed by atoms with van der Waals surface area (Å²) in [4.78, 5) is 8.45. The van der Waals surface area contributed by atoms with E-state index < -0.39 is 0 Å². The number of thiazole rings is 1. The second kappa shape index (κ2) is 4.89. The van der Waals surface area contributed by atoms with Crippen molar-refractivity contribution < 1.29 is 0 Å². The van der Waals surface area contributed by atoms with Gasteiger partial charge in [0.1, 0.15) is 5.82 Å². The molecular weight excluding hydrogens is 206 g/mol. The summed E-state index contributed by atoms with van der Waals surface area (Å²) in [5.41, 5.74) is 1.22. The normalized spacial score (nSPS) is 10.2. The van der Waals surface area contributed by atoms with Crippen LogP contribution < -0.4 is 5.32 Å². The molecule has 0 aliphatic heterocycles. The average molecular weight is 219 g/mol. The molecule has 3 nitrogen and oxygen atoms in total. The maximum atomic E-state index is 4.23. The van der Waals surface area contributed by atoms with E-state index in [-0.39, 0.29) is 0 Å². The van der Waals surface area contributed by atoms with Crippen LogP contribution in [-0.4, -0.2) is 16.5 Å². The summed E-state index contributed by atoms with van der Waals surface area (Å²) in [5.74, 6) is 0.937. The molecule has 0 bridgehead atoms. The van der Waals surface area contributed by atoms with Crippen LogP contribution in [0.3, 0.4) is 0 Å². The van der Waals surface area contributed by atoms with Gasteiger partial charge in [-0.05, 0) is 24.6 Å². The van der Waals surface area contributed by atoms with Gasteiger partial charge in [0.25, 0.3) is 0 Å². The molecule has 0 atom stereocenters. The Kier molecular flexibility index (Phi) is 3.29. The number of pyridine rings is 1. The third kappa shape index (κ3) is 3.02. The highest BCUT2D eigenvalue weighted by molar-refractivity contribution is 7.09. The van der Waals surface area contributed by atoms with Crippen LogP contribution in [0, 0.1) is 6.92 Å². The number of aryl methyl sites for hydroxylation is 1. The molecule has 2 aromatic heterocycles. The van der Waals surface area contributed by atoms with Gasteiger partial charge < -0.3 is 5.32 Å². The van der Waals surface area contributed by atoms with Crippen molar-refractivity contribution in [3.8, 4) is 0 Å². The molecule has 0 radical (unpaired) electrons. The summed E-state index contributed by atoms with van der Waals surface area (Å²) in [5, 5.41) is 6.44. The van der Waals surface area contributed by atoms with Crippen LogP contribution in [0.15, 0.2) is 29.9 Å². The van der Waals surface area contributed by atoms with E-state index in [9.17, 15) is 0 Å². The molecule has 0 fully saturated rings. The lowest BCUT2D eigenvalue weighted by Gasteiger charge is -2.04. The molecule has 0 saturated carbocycles. The monoisotopic (exact) mass is 219 g/mol. The van der Waals surface area contributed by atoms with Crippen molar-refractivity contribution in [2.24, 2.45) is 0 Å². The Morgan fingerprint density at radius 2 is 2.27 bits per heavy atom. The smallest absolute Gasteiger partial charge is 0.126 e. The van der Waals surface area contributed by atoms with Gasteiger partial charge >= 0.3 is 0 Å². The van der Waals surface area contributed by atoms with Gasteiger partial charge in [0.2, 0.25) is 0 Å². The van der Waals surface area contributed by atoms with Gasteiger partial charge in [-0.2, -0.15) is 0 Å². The number of nitrogens with zero attached hydrogens (tertiary/aromatic N) is 2. The molecule has 78 valence electrons. The van der Waals surface area contributed by atoms with Crippen molar-refractivity contribution in [1.82, 2.24) is 9.97 Å². The number of aromatic nitrogens is 2. The van der Waals surface area contributed by atoms with E-state index in [1.165, 1.54) is 5.56 Å². The zero-order valence-electron chi connectivity index (χ0n) is 8.60. The Balaban J connectivity index is 1.83. The van der Waals surface area contributed by atoms with E-state index in [0.717, 1.165) is 23.8 Å². The highest BCUT2D eigenvalue weighted by atomic mass is 32.1. The van der Waals surface area contributed by atoms with Gasteiger partial charge in [-0.15, -0.1) is 11.3 Å². The Bertz CT molecular complexity index is 412. The van der Waals surface area contributed by atoms with Crippen LogP contribution in [-0.2, 0) is 6.42 Å². The average Bonchev–Trinajstić information content (AvgIpc) is 2.71. The molecule has 0 aliphatic carbocycles. The van der Waals surface area contributed by atoms with Crippen molar-refractivity contribution in [2.45, 2.75) is 13.3 Å². The molecular formula is C11H13N3S. The fraction of sp³-hybridized carbons (Fsp3) is 0.273. The topological polar surface area (TPSA) is 37.8 Å². The van der Waals surface area contributed by atoms with E-state index >= 15 is 0 Å². The molecule has 4 heteroatoms. The summed E-state index contributed by atoms with van der Waals surface area (Å²) in [7, 11) is 0. The lowest BCUT2D eigenvalue weighted by atomic mass is 10.3.